The van der Waals surface area contributed by atoms with Crippen molar-refractivity contribution >= 4 is 11.9 Å². The van der Waals surface area contributed by atoms with Crippen molar-refractivity contribution in [2.24, 2.45) is 0 Å². The largest absolute Gasteiger partial charge is 0.469 e. The number of amides is 1. The van der Waals surface area contributed by atoms with Crippen molar-refractivity contribution in [3.05, 3.63) is 0 Å². The topological polar surface area (TPSA) is 46.6 Å². The monoisotopic (exact) mass is 199 g/mol. The van der Waals surface area contributed by atoms with E-state index in [1.54, 1.807) is 4.90 Å². The molecule has 1 aliphatic heterocycles. The van der Waals surface area contributed by atoms with Gasteiger partial charge in [0.15, 0.2) is 0 Å². The molecular weight excluding hydrogens is 182 g/mol. The summed E-state index contributed by atoms with van der Waals surface area (Å²) < 4.78 is 4.53. The zero-order valence-electron chi connectivity index (χ0n) is 8.62. The number of hydrogen-bond donors (Lipinski definition) is 0. The van der Waals surface area contributed by atoms with E-state index in [0.717, 1.165) is 25.8 Å². The number of likely N-dealkylation sites (tertiary alicyclic amines) is 1. The van der Waals surface area contributed by atoms with Gasteiger partial charge in [-0.05, 0) is 12.8 Å². The summed E-state index contributed by atoms with van der Waals surface area (Å²) >= 11 is 0. The van der Waals surface area contributed by atoms with Crippen LogP contribution in [0.4, 0.5) is 0 Å². The van der Waals surface area contributed by atoms with Gasteiger partial charge in [0.25, 0.3) is 0 Å². The van der Waals surface area contributed by atoms with Crippen LogP contribution in [0.25, 0.3) is 0 Å². The molecule has 14 heavy (non-hydrogen) atoms. The van der Waals surface area contributed by atoms with Crippen LogP contribution in [0.3, 0.4) is 0 Å². The van der Waals surface area contributed by atoms with Crippen LogP contribution in [0.1, 0.15) is 32.1 Å². The Bertz CT molecular complexity index is 215. The van der Waals surface area contributed by atoms with Gasteiger partial charge in [0, 0.05) is 19.5 Å². The summed E-state index contributed by atoms with van der Waals surface area (Å²) in [6, 6.07) is 0. The molecule has 1 amide bonds. The molecule has 0 aliphatic carbocycles. The average Bonchev–Trinajstić information content (AvgIpc) is 2.39. The molecule has 4 heteroatoms. The molecule has 0 spiro atoms. The summed E-state index contributed by atoms with van der Waals surface area (Å²) in [7, 11) is 1.37. The highest BCUT2D eigenvalue weighted by Gasteiger charge is 2.17. The van der Waals surface area contributed by atoms with Crippen LogP contribution >= 0.6 is 0 Å². The van der Waals surface area contributed by atoms with Gasteiger partial charge in [0.1, 0.15) is 0 Å². The SMILES string of the molecule is COC(=O)CCN1CCCCCC1=O. The molecule has 0 aromatic rings. The molecule has 1 rings (SSSR count). The highest BCUT2D eigenvalue weighted by molar-refractivity contribution is 5.77. The number of carbonyl (C=O) groups excluding carboxylic acids is 2. The first-order valence-corrected chi connectivity index (χ1v) is 5.08. The number of nitrogens with zero attached hydrogens (tertiary/aromatic N) is 1. The lowest BCUT2D eigenvalue weighted by molar-refractivity contribution is -0.141. The Morgan fingerprint density at radius 2 is 2.21 bits per heavy atom. The van der Waals surface area contributed by atoms with E-state index in [1.165, 1.54) is 7.11 Å². The van der Waals surface area contributed by atoms with E-state index in [0.29, 0.717) is 19.4 Å². The molecule has 0 atom stereocenters. The quantitative estimate of drug-likeness (QED) is 0.636. The first-order valence-electron chi connectivity index (χ1n) is 5.08. The average molecular weight is 199 g/mol. The Labute approximate surface area is 84.2 Å². The van der Waals surface area contributed by atoms with E-state index < -0.39 is 0 Å². The number of hydrogen-bond acceptors (Lipinski definition) is 3. The Kier molecular flexibility index (Phi) is 4.43. The van der Waals surface area contributed by atoms with Gasteiger partial charge in [-0.3, -0.25) is 9.59 Å². The number of ether oxygens (including phenoxy) is 1. The third kappa shape index (κ3) is 3.36. The normalized spacial score (nSPS) is 17.8. The van der Waals surface area contributed by atoms with Gasteiger partial charge in [-0.2, -0.15) is 0 Å². The van der Waals surface area contributed by atoms with E-state index in [9.17, 15) is 9.59 Å². The number of esters is 1. The summed E-state index contributed by atoms with van der Waals surface area (Å²) in [6.07, 6.45) is 4.07. The molecule has 0 aromatic carbocycles. The van der Waals surface area contributed by atoms with Crippen LogP contribution in [-0.2, 0) is 14.3 Å². The van der Waals surface area contributed by atoms with Crippen LogP contribution in [0.2, 0.25) is 0 Å². The van der Waals surface area contributed by atoms with Crippen molar-refractivity contribution in [1.29, 1.82) is 0 Å². The second-order valence-electron chi connectivity index (χ2n) is 3.52. The lowest BCUT2D eigenvalue weighted by Crippen LogP contribution is -2.32. The predicted molar refractivity (Wildman–Crippen MR) is 51.7 cm³/mol. The lowest BCUT2D eigenvalue weighted by atomic mass is 10.2. The predicted octanol–water partition coefficient (Wildman–Crippen LogP) is 0.952. The smallest absolute Gasteiger partial charge is 0.307 e. The van der Waals surface area contributed by atoms with Crippen LogP contribution in [-0.4, -0.2) is 37.0 Å². The van der Waals surface area contributed by atoms with Gasteiger partial charge in [-0.25, -0.2) is 0 Å². The second-order valence-corrected chi connectivity index (χ2v) is 3.52. The van der Waals surface area contributed by atoms with E-state index >= 15 is 0 Å². The van der Waals surface area contributed by atoms with Gasteiger partial charge in [-0.15, -0.1) is 0 Å². The Hall–Kier alpha value is -1.06. The van der Waals surface area contributed by atoms with Crippen LogP contribution in [0, 0.1) is 0 Å². The molecule has 0 unspecified atom stereocenters. The van der Waals surface area contributed by atoms with Crippen LogP contribution in [0.15, 0.2) is 0 Å². The maximum atomic E-state index is 11.5. The minimum atomic E-state index is -0.248. The molecule has 1 saturated heterocycles. The molecule has 4 nitrogen and oxygen atoms in total. The molecular formula is C10H17NO3. The third-order valence-corrected chi connectivity index (χ3v) is 2.48. The van der Waals surface area contributed by atoms with E-state index in [-0.39, 0.29) is 11.9 Å². The molecule has 80 valence electrons. The van der Waals surface area contributed by atoms with E-state index in [4.69, 9.17) is 0 Å². The standard InChI is InChI=1S/C10H17NO3/c1-14-10(13)6-8-11-7-4-2-3-5-9(11)12/h2-8H2,1H3. The van der Waals surface area contributed by atoms with Gasteiger partial charge in [0.05, 0.1) is 13.5 Å². The molecule has 1 heterocycles. The van der Waals surface area contributed by atoms with Crippen molar-refractivity contribution in [3.63, 3.8) is 0 Å². The summed E-state index contributed by atoms with van der Waals surface area (Å²) in [5.41, 5.74) is 0. The van der Waals surface area contributed by atoms with Crippen LogP contribution in [0.5, 0.6) is 0 Å². The van der Waals surface area contributed by atoms with Crippen molar-refractivity contribution in [2.75, 3.05) is 20.2 Å². The molecule has 0 bridgehead atoms. The highest BCUT2D eigenvalue weighted by atomic mass is 16.5. The third-order valence-electron chi connectivity index (χ3n) is 2.48. The number of methoxy groups -OCH3 is 1. The molecule has 1 fully saturated rings. The molecule has 0 aromatic heterocycles. The summed E-state index contributed by atoms with van der Waals surface area (Å²) in [4.78, 5) is 24.1. The Morgan fingerprint density at radius 3 is 2.93 bits per heavy atom. The molecule has 0 radical (unpaired) electrons. The van der Waals surface area contributed by atoms with Gasteiger partial charge in [-0.1, -0.05) is 6.42 Å². The fourth-order valence-corrected chi connectivity index (χ4v) is 1.60. The minimum absolute atomic E-state index is 0.173. The fourth-order valence-electron chi connectivity index (χ4n) is 1.60. The first-order chi connectivity index (χ1) is 6.74. The van der Waals surface area contributed by atoms with Gasteiger partial charge >= 0.3 is 5.97 Å². The second kappa shape index (κ2) is 5.62. The van der Waals surface area contributed by atoms with Gasteiger partial charge < -0.3 is 9.64 Å². The fraction of sp³-hybridized carbons (Fsp3) is 0.800. The molecule has 0 saturated carbocycles. The summed E-state index contributed by atoms with van der Waals surface area (Å²) in [5.74, 6) is -0.0755. The minimum Gasteiger partial charge on any atom is -0.469 e. The Balaban J connectivity index is 2.33. The number of rotatable bonds is 3. The summed E-state index contributed by atoms with van der Waals surface area (Å²) in [5, 5.41) is 0. The van der Waals surface area contributed by atoms with Crippen LogP contribution < -0.4 is 0 Å². The van der Waals surface area contributed by atoms with E-state index in [1.807, 2.05) is 0 Å². The molecule has 1 aliphatic rings. The first kappa shape index (κ1) is 11.0. The Morgan fingerprint density at radius 1 is 1.43 bits per heavy atom. The number of carbonyl (C=O) groups is 2. The van der Waals surface area contributed by atoms with Crippen molar-refractivity contribution < 1.29 is 14.3 Å². The van der Waals surface area contributed by atoms with Crippen molar-refractivity contribution in [1.82, 2.24) is 4.90 Å². The highest BCUT2D eigenvalue weighted by Crippen LogP contribution is 2.11. The van der Waals surface area contributed by atoms with Gasteiger partial charge in [0.2, 0.25) is 5.91 Å². The maximum absolute atomic E-state index is 11.5. The summed E-state index contributed by atoms with van der Waals surface area (Å²) in [6.45, 7) is 1.29. The van der Waals surface area contributed by atoms with E-state index in [2.05, 4.69) is 4.74 Å². The molecule has 0 N–H and O–H groups in total. The zero-order valence-corrected chi connectivity index (χ0v) is 8.62. The van der Waals surface area contributed by atoms with Crippen molar-refractivity contribution in [2.45, 2.75) is 32.1 Å². The zero-order chi connectivity index (χ0) is 10.4. The van der Waals surface area contributed by atoms with Crippen molar-refractivity contribution in [3.8, 4) is 0 Å². The lowest BCUT2D eigenvalue weighted by Gasteiger charge is -2.19. The maximum Gasteiger partial charge on any atom is 0.307 e.